The van der Waals surface area contributed by atoms with E-state index in [0.29, 0.717) is 11.4 Å². The van der Waals surface area contributed by atoms with E-state index in [4.69, 9.17) is 9.47 Å². The van der Waals surface area contributed by atoms with Gasteiger partial charge in [0.05, 0.1) is 14.2 Å². The first-order valence-corrected chi connectivity index (χ1v) is 8.09. The lowest BCUT2D eigenvalue weighted by Crippen LogP contribution is -2.40. The third kappa shape index (κ3) is 5.66. The van der Waals surface area contributed by atoms with Crippen LogP contribution in [0.4, 0.5) is 5.69 Å². The molecule has 0 radical (unpaired) electrons. The summed E-state index contributed by atoms with van der Waals surface area (Å²) in [5.74, 6) is 0.718. The molecule has 0 aliphatic rings. The van der Waals surface area contributed by atoms with E-state index in [9.17, 15) is 9.59 Å². The van der Waals surface area contributed by atoms with E-state index in [1.54, 1.807) is 51.5 Å². The molecule has 6 heteroatoms. The molecule has 0 aliphatic heterocycles. The van der Waals surface area contributed by atoms with Crippen LogP contribution in [0, 0.1) is 0 Å². The number of amides is 2. The van der Waals surface area contributed by atoms with Gasteiger partial charge < -0.3 is 20.1 Å². The number of hydrogen-bond donors (Lipinski definition) is 2. The molecule has 0 heterocycles. The zero-order chi connectivity index (χ0) is 18.9. The second-order valence-corrected chi connectivity index (χ2v) is 5.56. The Labute approximate surface area is 152 Å². The van der Waals surface area contributed by atoms with Crippen molar-refractivity contribution < 1.29 is 19.1 Å². The molecule has 2 amide bonds. The molecule has 0 spiro atoms. The van der Waals surface area contributed by atoms with Gasteiger partial charge in [-0.2, -0.15) is 0 Å². The van der Waals surface area contributed by atoms with Crippen molar-refractivity contribution in [3.8, 4) is 11.5 Å². The summed E-state index contributed by atoms with van der Waals surface area (Å²) in [5, 5.41) is 5.36. The van der Waals surface area contributed by atoms with E-state index in [1.165, 1.54) is 6.08 Å². The lowest BCUT2D eigenvalue weighted by Gasteiger charge is -2.13. The number of ether oxygens (including phenoxy) is 2. The first kappa shape index (κ1) is 19.1. The lowest BCUT2D eigenvalue weighted by atomic mass is 10.2. The van der Waals surface area contributed by atoms with Gasteiger partial charge in [-0.05, 0) is 42.8 Å². The molecule has 136 valence electrons. The van der Waals surface area contributed by atoms with Crippen LogP contribution < -0.4 is 20.1 Å². The van der Waals surface area contributed by atoms with Gasteiger partial charge in [0.15, 0.2) is 0 Å². The largest absolute Gasteiger partial charge is 0.497 e. The average molecular weight is 354 g/mol. The fourth-order valence-electron chi connectivity index (χ4n) is 2.17. The molecule has 2 aromatic carbocycles. The molecule has 1 unspecified atom stereocenters. The van der Waals surface area contributed by atoms with Gasteiger partial charge in [0, 0.05) is 17.8 Å². The number of rotatable bonds is 7. The highest BCUT2D eigenvalue weighted by atomic mass is 16.5. The van der Waals surface area contributed by atoms with Gasteiger partial charge in [0.25, 0.3) is 0 Å². The minimum absolute atomic E-state index is 0.315. The van der Waals surface area contributed by atoms with Crippen LogP contribution in [-0.4, -0.2) is 32.1 Å². The van der Waals surface area contributed by atoms with Crippen molar-refractivity contribution in [2.75, 3.05) is 19.5 Å². The molecule has 0 aromatic heterocycles. The van der Waals surface area contributed by atoms with E-state index in [0.717, 1.165) is 11.3 Å². The Balaban J connectivity index is 1.88. The van der Waals surface area contributed by atoms with Gasteiger partial charge in [0.1, 0.15) is 17.5 Å². The molecule has 2 N–H and O–H groups in total. The van der Waals surface area contributed by atoms with E-state index in [-0.39, 0.29) is 11.8 Å². The normalized spacial score (nSPS) is 11.7. The summed E-state index contributed by atoms with van der Waals surface area (Å²) in [7, 11) is 3.15. The summed E-state index contributed by atoms with van der Waals surface area (Å²) in [4.78, 5) is 24.2. The van der Waals surface area contributed by atoms with Crippen LogP contribution in [0.5, 0.6) is 11.5 Å². The Morgan fingerprint density at radius 1 is 1.00 bits per heavy atom. The van der Waals surface area contributed by atoms with Crippen LogP contribution in [-0.2, 0) is 9.59 Å². The SMILES string of the molecule is COc1ccc(/C=C/C(=O)NC(C)C(=O)Nc2cccc(OC)c2)cc1. The van der Waals surface area contributed by atoms with E-state index >= 15 is 0 Å². The van der Waals surface area contributed by atoms with Gasteiger partial charge in [-0.1, -0.05) is 18.2 Å². The average Bonchev–Trinajstić information content (AvgIpc) is 2.66. The number of hydrogen-bond acceptors (Lipinski definition) is 4. The zero-order valence-electron chi connectivity index (χ0n) is 15.0. The number of anilines is 1. The lowest BCUT2D eigenvalue weighted by molar-refractivity contribution is -0.123. The van der Waals surface area contributed by atoms with Gasteiger partial charge in [-0.3, -0.25) is 9.59 Å². The van der Waals surface area contributed by atoms with Gasteiger partial charge in [0.2, 0.25) is 11.8 Å². The minimum atomic E-state index is -0.686. The molecule has 0 saturated heterocycles. The molecular weight excluding hydrogens is 332 g/mol. The summed E-state index contributed by atoms with van der Waals surface area (Å²) >= 11 is 0. The first-order chi connectivity index (χ1) is 12.5. The van der Waals surface area contributed by atoms with Crippen LogP contribution >= 0.6 is 0 Å². The number of methoxy groups -OCH3 is 2. The maximum atomic E-state index is 12.2. The predicted octanol–water partition coefficient (Wildman–Crippen LogP) is 2.86. The van der Waals surface area contributed by atoms with Gasteiger partial charge >= 0.3 is 0 Å². The van der Waals surface area contributed by atoms with Crippen molar-refractivity contribution in [1.82, 2.24) is 5.32 Å². The summed E-state index contributed by atoms with van der Waals surface area (Å²) in [6.45, 7) is 1.62. The highest BCUT2D eigenvalue weighted by molar-refractivity contribution is 5.99. The monoisotopic (exact) mass is 354 g/mol. The number of benzene rings is 2. The van der Waals surface area contributed by atoms with Crippen molar-refractivity contribution in [1.29, 1.82) is 0 Å². The highest BCUT2D eigenvalue weighted by Crippen LogP contribution is 2.16. The third-order valence-electron chi connectivity index (χ3n) is 3.63. The second-order valence-electron chi connectivity index (χ2n) is 5.56. The topological polar surface area (TPSA) is 76.7 Å². The van der Waals surface area contributed by atoms with E-state index in [2.05, 4.69) is 10.6 Å². The highest BCUT2D eigenvalue weighted by Gasteiger charge is 2.14. The van der Waals surface area contributed by atoms with Crippen molar-refractivity contribution >= 4 is 23.6 Å². The minimum Gasteiger partial charge on any atom is -0.497 e. The second kappa shape index (κ2) is 9.27. The van der Waals surface area contributed by atoms with Crippen LogP contribution in [0.25, 0.3) is 6.08 Å². The standard InChI is InChI=1S/C20H22N2O4/c1-14(20(24)22-16-5-4-6-18(13-16)26-3)21-19(23)12-9-15-7-10-17(25-2)11-8-15/h4-14H,1-3H3,(H,21,23)(H,22,24)/b12-9+. The van der Waals surface area contributed by atoms with Gasteiger partial charge in [-0.15, -0.1) is 0 Å². The molecule has 1 atom stereocenters. The Hall–Kier alpha value is -3.28. The quantitative estimate of drug-likeness (QED) is 0.750. The maximum Gasteiger partial charge on any atom is 0.246 e. The van der Waals surface area contributed by atoms with E-state index < -0.39 is 6.04 Å². The molecular formula is C20H22N2O4. The first-order valence-electron chi connectivity index (χ1n) is 8.09. The maximum absolute atomic E-state index is 12.2. The van der Waals surface area contributed by atoms with Crippen LogP contribution in [0.15, 0.2) is 54.6 Å². The summed E-state index contributed by atoms with van der Waals surface area (Å²) < 4.78 is 10.2. The van der Waals surface area contributed by atoms with Crippen LogP contribution in [0.2, 0.25) is 0 Å². The number of nitrogens with one attached hydrogen (secondary N) is 2. The zero-order valence-corrected chi connectivity index (χ0v) is 15.0. The Morgan fingerprint density at radius 3 is 2.35 bits per heavy atom. The molecule has 0 fully saturated rings. The number of carbonyl (C=O) groups excluding carboxylic acids is 2. The molecule has 26 heavy (non-hydrogen) atoms. The van der Waals surface area contributed by atoms with Crippen LogP contribution in [0.3, 0.4) is 0 Å². The van der Waals surface area contributed by atoms with Crippen molar-refractivity contribution in [3.63, 3.8) is 0 Å². The fraction of sp³-hybridized carbons (Fsp3) is 0.200. The fourth-order valence-corrected chi connectivity index (χ4v) is 2.17. The Kier molecular flexibility index (Phi) is 6.79. The summed E-state index contributed by atoms with van der Waals surface area (Å²) in [6.07, 6.45) is 3.05. The smallest absolute Gasteiger partial charge is 0.246 e. The van der Waals surface area contributed by atoms with Crippen molar-refractivity contribution in [3.05, 3.63) is 60.2 Å². The van der Waals surface area contributed by atoms with Crippen LogP contribution in [0.1, 0.15) is 12.5 Å². The molecule has 0 saturated carbocycles. The summed E-state index contributed by atoms with van der Waals surface area (Å²) in [5.41, 5.74) is 1.46. The Morgan fingerprint density at radius 2 is 1.69 bits per heavy atom. The van der Waals surface area contributed by atoms with Crippen molar-refractivity contribution in [2.24, 2.45) is 0 Å². The van der Waals surface area contributed by atoms with Crippen molar-refractivity contribution in [2.45, 2.75) is 13.0 Å². The van der Waals surface area contributed by atoms with E-state index in [1.807, 2.05) is 24.3 Å². The summed E-state index contributed by atoms with van der Waals surface area (Å²) in [6, 6.07) is 13.6. The third-order valence-corrected chi connectivity index (χ3v) is 3.63. The molecule has 2 aromatic rings. The van der Waals surface area contributed by atoms with Gasteiger partial charge in [-0.25, -0.2) is 0 Å². The molecule has 0 aliphatic carbocycles. The molecule has 0 bridgehead atoms. The molecule has 6 nitrogen and oxygen atoms in total. The predicted molar refractivity (Wildman–Crippen MR) is 101 cm³/mol. The Bertz CT molecular complexity index is 785. The number of carbonyl (C=O) groups is 2. The molecule has 2 rings (SSSR count).